The van der Waals surface area contributed by atoms with Crippen LogP contribution in [0.25, 0.3) is 10.8 Å². The third kappa shape index (κ3) is 2.31. The van der Waals surface area contributed by atoms with E-state index in [-0.39, 0.29) is 0 Å². The average molecular weight is 272 g/mol. The number of ether oxygens (including phenoxy) is 1. The third-order valence-corrected chi connectivity index (χ3v) is 4.14. The minimum atomic E-state index is 0.296. The Morgan fingerprint density at radius 3 is 2.75 bits per heavy atom. The molecule has 0 saturated carbocycles. The lowest BCUT2D eigenvalue weighted by atomic mass is 9.97. The molecule has 0 spiro atoms. The Labute approximate surface area is 119 Å². The lowest BCUT2D eigenvalue weighted by molar-refractivity contribution is 0.203. The van der Waals surface area contributed by atoms with Gasteiger partial charge in [0.1, 0.15) is 11.6 Å². The van der Waals surface area contributed by atoms with Crippen LogP contribution in [0.2, 0.25) is 0 Å². The van der Waals surface area contributed by atoms with Crippen LogP contribution >= 0.6 is 0 Å². The van der Waals surface area contributed by atoms with E-state index in [4.69, 9.17) is 4.74 Å². The van der Waals surface area contributed by atoms with Gasteiger partial charge >= 0.3 is 0 Å². The fraction of sp³-hybridized carbons (Fsp3) is 0.438. The van der Waals surface area contributed by atoms with Gasteiger partial charge in [-0.05, 0) is 30.9 Å². The van der Waals surface area contributed by atoms with Crippen LogP contribution < -0.4 is 9.64 Å². The number of aromatic nitrogens is 1. The van der Waals surface area contributed by atoms with Gasteiger partial charge in [-0.1, -0.05) is 12.1 Å². The summed E-state index contributed by atoms with van der Waals surface area (Å²) in [4.78, 5) is 6.88. The van der Waals surface area contributed by atoms with Crippen molar-refractivity contribution in [1.82, 2.24) is 4.98 Å². The van der Waals surface area contributed by atoms with Gasteiger partial charge in [0.05, 0.1) is 7.11 Å². The molecule has 0 radical (unpaired) electrons. The smallest absolute Gasteiger partial charge is 0.136 e. The van der Waals surface area contributed by atoms with Gasteiger partial charge < -0.3 is 14.7 Å². The number of aliphatic hydroxyl groups is 1. The highest BCUT2D eigenvalue weighted by Crippen LogP contribution is 2.32. The lowest BCUT2D eigenvalue weighted by Crippen LogP contribution is -2.35. The predicted octanol–water partition coefficient (Wildman–Crippen LogP) is 2.45. The maximum atomic E-state index is 9.24. The number of anilines is 1. The van der Waals surface area contributed by atoms with Crippen LogP contribution in [0.3, 0.4) is 0 Å². The van der Waals surface area contributed by atoms with Crippen molar-refractivity contribution in [3.05, 3.63) is 30.5 Å². The molecule has 1 saturated heterocycles. The zero-order chi connectivity index (χ0) is 13.9. The zero-order valence-corrected chi connectivity index (χ0v) is 11.7. The molecule has 106 valence electrons. The van der Waals surface area contributed by atoms with Gasteiger partial charge in [0.25, 0.3) is 0 Å². The first kappa shape index (κ1) is 13.2. The number of pyridine rings is 1. The van der Waals surface area contributed by atoms with Crippen molar-refractivity contribution in [3.63, 3.8) is 0 Å². The summed E-state index contributed by atoms with van der Waals surface area (Å²) in [7, 11) is 1.70. The summed E-state index contributed by atoms with van der Waals surface area (Å²) in [6.07, 6.45) is 3.90. The van der Waals surface area contributed by atoms with Crippen LogP contribution in [0.1, 0.15) is 12.8 Å². The Bertz CT molecular complexity index is 592. The molecule has 3 rings (SSSR count). The quantitative estimate of drug-likeness (QED) is 0.932. The van der Waals surface area contributed by atoms with E-state index in [1.807, 2.05) is 24.4 Å². The second-order valence-corrected chi connectivity index (χ2v) is 5.30. The van der Waals surface area contributed by atoms with Crippen LogP contribution in [0, 0.1) is 5.92 Å². The van der Waals surface area contributed by atoms with E-state index >= 15 is 0 Å². The first-order valence-corrected chi connectivity index (χ1v) is 7.11. The topological polar surface area (TPSA) is 45.6 Å². The van der Waals surface area contributed by atoms with Crippen LogP contribution in [0.4, 0.5) is 5.82 Å². The summed E-state index contributed by atoms with van der Waals surface area (Å²) >= 11 is 0. The molecule has 4 heteroatoms. The number of hydrogen-bond donors (Lipinski definition) is 1. The second-order valence-electron chi connectivity index (χ2n) is 5.30. The molecule has 1 aliphatic rings. The molecule has 4 nitrogen and oxygen atoms in total. The van der Waals surface area contributed by atoms with Gasteiger partial charge in [-0.2, -0.15) is 0 Å². The summed E-state index contributed by atoms with van der Waals surface area (Å²) in [5.41, 5.74) is 0. The summed E-state index contributed by atoms with van der Waals surface area (Å²) < 4.78 is 5.42. The van der Waals surface area contributed by atoms with E-state index in [1.54, 1.807) is 7.11 Å². The Hall–Kier alpha value is -1.81. The average Bonchev–Trinajstić information content (AvgIpc) is 2.54. The van der Waals surface area contributed by atoms with E-state index in [9.17, 15) is 5.11 Å². The van der Waals surface area contributed by atoms with E-state index in [0.29, 0.717) is 12.5 Å². The van der Waals surface area contributed by atoms with Crippen molar-refractivity contribution >= 4 is 16.6 Å². The number of fused-ring (bicyclic) bond motifs is 1. The number of aliphatic hydroxyl groups excluding tert-OH is 1. The van der Waals surface area contributed by atoms with Crippen molar-refractivity contribution in [3.8, 4) is 5.75 Å². The molecular formula is C16H20N2O2. The van der Waals surface area contributed by atoms with Gasteiger partial charge in [-0.15, -0.1) is 0 Å². The maximum absolute atomic E-state index is 9.24. The first-order valence-electron chi connectivity index (χ1n) is 7.11. The minimum absolute atomic E-state index is 0.296. The van der Waals surface area contributed by atoms with Gasteiger partial charge in [0.15, 0.2) is 0 Å². The number of rotatable bonds is 3. The summed E-state index contributed by atoms with van der Waals surface area (Å²) in [6.45, 7) is 2.20. The van der Waals surface area contributed by atoms with Gasteiger partial charge in [0, 0.05) is 36.7 Å². The first-order chi connectivity index (χ1) is 9.83. The molecule has 1 aromatic heterocycles. The molecule has 1 aliphatic heterocycles. The van der Waals surface area contributed by atoms with Gasteiger partial charge in [-0.25, -0.2) is 4.98 Å². The highest BCUT2D eigenvalue weighted by Gasteiger charge is 2.21. The molecule has 0 aliphatic carbocycles. The zero-order valence-electron chi connectivity index (χ0n) is 11.7. The SMILES string of the molecule is COc1cccc2c(N3CCC(CO)CC3)nccc12. The molecule has 2 heterocycles. The monoisotopic (exact) mass is 272 g/mol. The standard InChI is InChI=1S/C16H20N2O2/c1-20-15-4-2-3-14-13(15)5-8-17-16(14)18-9-6-12(11-19)7-10-18/h2-5,8,12,19H,6-7,9-11H2,1H3. The number of piperidine rings is 1. The predicted molar refractivity (Wildman–Crippen MR) is 80.3 cm³/mol. The highest BCUT2D eigenvalue weighted by molar-refractivity contribution is 5.96. The highest BCUT2D eigenvalue weighted by atomic mass is 16.5. The number of methoxy groups -OCH3 is 1. The fourth-order valence-electron chi connectivity index (χ4n) is 2.92. The van der Waals surface area contributed by atoms with E-state index in [0.717, 1.165) is 48.3 Å². The summed E-state index contributed by atoms with van der Waals surface area (Å²) in [5.74, 6) is 2.35. The van der Waals surface area contributed by atoms with E-state index < -0.39 is 0 Å². The Kier molecular flexibility index (Phi) is 3.74. The normalized spacial score (nSPS) is 16.6. The summed E-state index contributed by atoms with van der Waals surface area (Å²) in [5, 5.41) is 11.5. The molecule has 1 aromatic carbocycles. The van der Waals surface area contributed by atoms with Crippen LogP contribution in [0.15, 0.2) is 30.5 Å². The van der Waals surface area contributed by atoms with Crippen molar-refractivity contribution in [2.24, 2.45) is 5.92 Å². The van der Waals surface area contributed by atoms with Crippen LogP contribution in [-0.4, -0.2) is 36.9 Å². The molecule has 20 heavy (non-hydrogen) atoms. The molecule has 0 unspecified atom stereocenters. The number of hydrogen-bond acceptors (Lipinski definition) is 4. The molecule has 0 atom stereocenters. The molecule has 1 fully saturated rings. The Morgan fingerprint density at radius 1 is 1.25 bits per heavy atom. The van der Waals surface area contributed by atoms with Gasteiger partial charge in [0.2, 0.25) is 0 Å². The van der Waals surface area contributed by atoms with Crippen LogP contribution in [-0.2, 0) is 0 Å². The maximum Gasteiger partial charge on any atom is 0.136 e. The molecule has 2 aromatic rings. The summed E-state index contributed by atoms with van der Waals surface area (Å²) in [6, 6.07) is 8.08. The fourth-order valence-corrected chi connectivity index (χ4v) is 2.92. The van der Waals surface area contributed by atoms with Crippen LogP contribution in [0.5, 0.6) is 5.75 Å². The lowest BCUT2D eigenvalue weighted by Gasteiger charge is -2.32. The molecule has 0 amide bonds. The van der Waals surface area contributed by atoms with Crippen molar-refractivity contribution < 1.29 is 9.84 Å². The molecule has 1 N–H and O–H groups in total. The molecule has 0 bridgehead atoms. The third-order valence-electron chi connectivity index (χ3n) is 4.14. The second kappa shape index (κ2) is 5.67. The van der Waals surface area contributed by atoms with E-state index in [2.05, 4.69) is 16.0 Å². The van der Waals surface area contributed by atoms with Crippen molar-refractivity contribution in [1.29, 1.82) is 0 Å². The van der Waals surface area contributed by atoms with Gasteiger partial charge in [-0.3, -0.25) is 0 Å². The van der Waals surface area contributed by atoms with Crippen molar-refractivity contribution in [2.45, 2.75) is 12.8 Å². The Balaban J connectivity index is 1.96. The Morgan fingerprint density at radius 2 is 2.05 bits per heavy atom. The molecular weight excluding hydrogens is 252 g/mol. The number of nitrogens with zero attached hydrogens (tertiary/aromatic N) is 2. The van der Waals surface area contributed by atoms with Crippen molar-refractivity contribution in [2.75, 3.05) is 31.7 Å². The minimum Gasteiger partial charge on any atom is -0.496 e. The largest absolute Gasteiger partial charge is 0.496 e. The number of benzene rings is 1. The van der Waals surface area contributed by atoms with E-state index in [1.165, 1.54) is 0 Å².